The second kappa shape index (κ2) is 8.40. The zero-order valence-corrected chi connectivity index (χ0v) is 14.8. The molecule has 5 heteroatoms. The van der Waals surface area contributed by atoms with Crippen molar-refractivity contribution >= 4 is 17.2 Å². The van der Waals surface area contributed by atoms with Crippen molar-refractivity contribution in [3.05, 3.63) is 52.0 Å². The highest BCUT2D eigenvalue weighted by atomic mass is 32.1. The van der Waals surface area contributed by atoms with Gasteiger partial charge in [-0.2, -0.15) is 0 Å². The zero-order chi connectivity index (χ0) is 16.8. The first kappa shape index (κ1) is 17.1. The molecule has 1 aliphatic rings. The molecule has 2 aromatic rings. The van der Waals surface area contributed by atoms with Gasteiger partial charge in [0.05, 0.1) is 30.0 Å². The minimum atomic E-state index is 0.114. The van der Waals surface area contributed by atoms with Crippen LogP contribution in [0, 0.1) is 6.92 Å². The third-order valence-electron chi connectivity index (χ3n) is 4.53. The molecule has 1 N–H and O–H groups in total. The van der Waals surface area contributed by atoms with Crippen LogP contribution < -0.4 is 5.32 Å². The molecular formula is C19H24N2O2S. The van der Waals surface area contributed by atoms with Crippen molar-refractivity contribution in [1.82, 2.24) is 10.3 Å². The number of aryl methyl sites for hydroxylation is 2. The molecule has 0 saturated heterocycles. The molecule has 2 unspecified atom stereocenters. The number of nitrogens with zero attached hydrogens (tertiary/aromatic N) is 1. The summed E-state index contributed by atoms with van der Waals surface area (Å²) in [4.78, 5) is 17.7. The Balaban J connectivity index is 1.45. The van der Waals surface area contributed by atoms with Crippen LogP contribution in [0.4, 0.5) is 0 Å². The van der Waals surface area contributed by atoms with Crippen molar-refractivity contribution in [2.24, 2.45) is 0 Å². The molecule has 1 saturated carbocycles. The second-order valence-electron chi connectivity index (χ2n) is 6.30. The van der Waals surface area contributed by atoms with Crippen LogP contribution >= 0.6 is 11.3 Å². The Morgan fingerprint density at radius 1 is 1.33 bits per heavy atom. The van der Waals surface area contributed by atoms with Crippen molar-refractivity contribution in [2.45, 2.75) is 57.8 Å². The normalized spacial score (nSPS) is 20.2. The van der Waals surface area contributed by atoms with E-state index in [2.05, 4.69) is 22.4 Å². The van der Waals surface area contributed by atoms with Crippen molar-refractivity contribution in [2.75, 3.05) is 0 Å². The highest BCUT2D eigenvalue weighted by Crippen LogP contribution is 2.23. The summed E-state index contributed by atoms with van der Waals surface area (Å²) in [7, 11) is 0. The third-order valence-corrected chi connectivity index (χ3v) is 5.52. The smallest absolute Gasteiger partial charge is 0.220 e. The molecule has 1 aromatic carbocycles. The number of nitrogens with one attached hydrogen (secondary N) is 1. The van der Waals surface area contributed by atoms with Gasteiger partial charge in [-0.3, -0.25) is 4.79 Å². The molecule has 0 spiro atoms. The maximum Gasteiger partial charge on any atom is 0.220 e. The Kier molecular flexibility index (Phi) is 5.99. The number of rotatable bonds is 7. The molecule has 1 fully saturated rings. The van der Waals surface area contributed by atoms with E-state index in [1.165, 1.54) is 10.4 Å². The Labute approximate surface area is 147 Å². The summed E-state index contributed by atoms with van der Waals surface area (Å²) >= 11 is 1.62. The Morgan fingerprint density at radius 2 is 2.17 bits per heavy atom. The van der Waals surface area contributed by atoms with E-state index in [1.54, 1.807) is 11.3 Å². The van der Waals surface area contributed by atoms with E-state index in [0.29, 0.717) is 13.0 Å². The molecular weight excluding hydrogens is 320 g/mol. The quantitative estimate of drug-likeness (QED) is 0.834. The number of carbonyl (C=O) groups is 1. The fourth-order valence-corrected chi connectivity index (χ4v) is 3.92. The summed E-state index contributed by atoms with van der Waals surface area (Å²) < 4.78 is 6.05. The van der Waals surface area contributed by atoms with Gasteiger partial charge in [-0.15, -0.1) is 11.3 Å². The minimum Gasteiger partial charge on any atom is -0.371 e. The summed E-state index contributed by atoms with van der Waals surface area (Å²) in [5.41, 5.74) is 4.06. The third kappa shape index (κ3) is 4.65. The SMILES string of the molecule is Cc1ncsc1CCC(=O)NC1CCCC1OCc1ccccc1. The molecule has 1 aliphatic carbocycles. The molecule has 24 heavy (non-hydrogen) atoms. The molecule has 3 rings (SSSR count). The van der Waals surface area contributed by atoms with Gasteiger partial charge < -0.3 is 10.1 Å². The van der Waals surface area contributed by atoms with E-state index in [1.807, 2.05) is 30.6 Å². The number of hydrogen-bond donors (Lipinski definition) is 1. The first-order valence-electron chi connectivity index (χ1n) is 8.56. The highest BCUT2D eigenvalue weighted by molar-refractivity contribution is 7.09. The Hall–Kier alpha value is -1.72. The summed E-state index contributed by atoms with van der Waals surface area (Å²) in [5, 5.41) is 3.17. The Bertz CT molecular complexity index is 656. The van der Waals surface area contributed by atoms with Gasteiger partial charge in [0.15, 0.2) is 0 Å². The molecule has 0 aliphatic heterocycles. The van der Waals surface area contributed by atoms with E-state index in [0.717, 1.165) is 31.4 Å². The first-order chi connectivity index (χ1) is 11.7. The predicted molar refractivity (Wildman–Crippen MR) is 96.0 cm³/mol. The van der Waals surface area contributed by atoms with Gasteiger partial charge in [0, 0.05) is 11.3 Å². The minimum absolute atomic E-state index is 0.114. The summed E-state index contributed by atoms with van der Waals surface area (Å²) in [5.74, 6) is 0.114. The lowest BCUT2D eigenvalue weighted by atomic mass is 10.1. The van der Waals surface area contributed by atoms with Crippen LogP contribution in [0.5, 0.6) is 0 Å². The number of hydrogen-bond acceptors (Lipinski definition) is 4. The number of amides is 1. The van der Waals surface area contributed by atoms with Gasteiger partial charge in [-0.25, -0.2) is 4.98 Å². The molecule has 128 valence electrons. The van der Waals surface area contributed by atoms with Gasteiger partial charge >= 0.3 is 0 Å². The van der Waals surface area contributed by atoms with Crippen LogP contribution in [0.2, 0.25) is 0 Å². The van der Waals surface area contributed by atoms with Gasteiger partial charge in [-0.05, 0) is 38.2 Å². The predicted octanol–water partition coefficient (Wildman–Crippen LogP) is 3.64. The van der Waals surface area contributed by atoms with Crippen molar-refractivity contribution in [3.63, 3.8) is 0 Å². The van der Waals surface area contributed by atoms with E-state index in [9.17, 15) is 4.79 Å². The first-order valence-corrected chi connectivity index (χ1v) is 9.44. The average Bonchev–Trinajstić information content (AvgIpc) is 3.21. The van der Waals surface area contributed by atoms with Crippen LogP contribution in [-0.2, 0) is 22.6 Å². The van der Waals surface area contributed by atoms with Gasteiger partial charge in [0.1, 0.15) is 0 Å². The standard InChI is InChI=1S/C19H24N2O2S/c1-14-18(24-13-20-14)10-11-19(22)21-16-8-5-9-17(16)23-12-15-6-3-2-4-7-15/h2-4,6-7,13,16-17H,5,8-12H2,1H3,(H,21,22). The number of carbonyl (C=O) groups excluding carboxylic acids is 1. The van der Waals surface area contributed by atoms with E-state index >= 15 is 0 Å². The fraction of sp³-hybridized carbons (Fsp3) is 0.474. The lowest BCUT2D eigenvalue weighted by molar-refractivity contribution is -0.122. The maximum atomic E-state index is 12.2. The molecule has 0 bridgehead atoms. The summed E-state index contributed by atoms with van der Waals surface area (Å²) in [6.07, 6.45) is 4.55. The molecule has 1 aromatic heterocycles. The zero-order valence-electron chi connectivity index (χ0n) is 14.0. The van der Waals surface area contributed by atoms with Crippen LogP contribution in [0.3, 0.4) is 0 Å². The lowest BCUT2D eigenvalue weighted by Crippen LogP contribution is -2.41. The van der Waals surface area contributed by atoms with Crippen molar-refractivity contribution < 1.29 is 9.53 Å². The van der Waals surface area contributed by atoms with E-state index in [-0.39, 0.29) is 18.1 Å². The van der Waals surface area contributed by atoms with Crippen LogP contribution in [0.15, 0.2) is 35.8 Å². The van der Waals surface area contributed by atoms with E-state index < -0.39 is 0 Å². The van der Waals surface area contributed by atoms with Crippen molar-refractivity contribution in [1.29, 1.82) is 0 Å². The summed E-state index contributed by atoms with van der Waals surface area (Å²) in [6, 6.07) is 10.3. The number of aromatic nitrogens is 1. The van der Waals surface area contributed by atoms with Crippen LogP contribution in [0.1, 0.15) is 41.8 Å². The van der Waals surface area contributed by atoms with Gasteiger partial charge in [0.2, 0.25) is 5.91 Å². The Morgan fingerprint density at radius 3 is 2.92 bits per heavy atom. The number of thiazole rings is 1. The number of benzene rings is 1. The lowest BCUT2D eigenvalue weighted by Gasteiger charge is -2.21. The molecule has 4 nitrogen and oxygen atoms in total. The van der Waals surface area contributed by atoms with Crippen molar-refractivity contribution in [3.8, 4) is 0 Å². The topological polar surface area (TPSA) is 51.2 Å². The monoisotopic (exact) mass is 344 g/mol. The van der Waals surface area contributed by atoms with Crippen LogP contribution in [-0.4, -0.2) is 23.0 Å². The number of ether oxygens (including phenoxy) is 1. The second-order valence-corrected chi connectivity index (χ2v) is 7.24. The largest absolute Gasteiger partial charge is 0.371 e. The van der Waals surface area contributed by atoms with Gasteiger partial charge in [-0.1, -0.05) is 30.3 Å². The van der Waals surface area contributed by atoms with Crippen LogP contribution in [0.25, 0.3) is 0 Å². The fourth-order valence-electron chi connectivity index (χ4n) is 3.14. The van der Waals surface area contributed by atoms with E-state index in [4.69, 9.17) is 4.74 Å². The molecule has 1 heterocycles. The summed E-state index contributed by atoms with van der Waals surface area (Å²) in [6.45, 7) is 2.60. The average molecular weight is 344 g/mol. The maximum absolute atomic E-state index is 12.2. The molecule has 0 radical (unpaired) electrons. The molecule has 1 amide bonds. The highest BCUT2D eigenvalue weighted by Gasteiger charge is 2.29. The molecule has 2 atom stereocenters. The van der Waals surface area contributed by atoms with Gasteiger partial charge in [0.25, 0.3) is 0 Å².